The van der Waals surface area contributed by atoms with Gasteiger partial charge in [0.1, 0.15) is 11.4 Å². The smallest absolute Gasteiger partial charge is 0.274 e. The predicted molar refractivity (Wildman–Crippen MR) is 75.0 cm³/mol. The van der Waals surface area contributed by atoms with Gasteiger partial charge in [-0.05, 0) is 24.3 Å². The molecule has 1 unspecified atom stereocenters. The van der Waals surface area contributed by atoms with Crippen LogP contribution in [0.2, 0.25) is 0 Å². The van der Waals surface area contributed by atoms with Gasteiger partial charge in [-0.2, -0.15) is 5.10 Å². The van der Waals surface area contributed by atoms with Gasteiger partial charge in [0.25, 0.3) is 12.3 Å². The van der Waals surface area contributed by atoms with Crippen LogP contribution in [-0.2, 0) is 0 Å². The summed E-state index contributed by atoms with van der Waals surface area (Å²) < 4.78 is 40.1. The molecule has 2 heterocycles. The minimum atomic E-state index is -2.91. The summed E-state index contributed by atoms with van der Waals surface area (Å²) in [5.41, 5.74) is -1.68. The fourth-order valence-corrected chi connectivity index (χ4v) is 2.53. The quantitative estimate of drug-likeness (QED) is 0.937. The summed E-state index contributed by atoms with van der Waals surface area (Å²) in [5, 5.41) is 13.8. The zero-order valence-corrected chi connectivity index (χ0v) is 12.0. The van der Waals surface area contributed by atoms with Crippen LogP contribution in [0.25, 0.3) is 5.69 Å². The van der Waals surface area contributed by atoms with E-state index in [0.717, 1.165) is 4.90 Å². The Morgan fingerprint density at radius 3 is 2.78 bits per heavy atom. The van der Waals surface area contributed by atoms with E-state index >= 15 is 0 Å². The standard InChI is InChI=1S/C15H14F3N3O2/c16-10-2-1-3-11(8-10)21-6-4-12(19-21)13(22)20-7-5-15(23,9-20)14(17)18/h1-4,6,8,14,23H,5,7,9H2. The average Bonchev–Trinajstić information content (AvgIpc) is 3.14. The lowest BCUT2D eigenvalue weighted by Gasteiger charge is -2.21. The monoisotopic (exact) mass is 325 g/mol. The Labute approximate surface area is 129 Å². The van der Waals surface area contributed by atoms with Crippen LogP contribution >= 0.6 is 0 Å². The number of alkyl halides is 2. The lowest BCUT2D eigenvalue weighted by Crippen LogP contribution is -2.41. The summed E-state index contributed by atoms with van der Waals surface area (Å²) >= 11 is 0. The highest BCUT2D eigenvalue weighted by Crippen LogP contribution is 2.28. The van der Waals surface area contributed by atoms with Gasteiger partial charge in [-0.15, -0.1) is 0 Å². The van der Waals surface area contributed by atoms with Gasteiger partial charge in [-0.25, -0.2) is 17.9 Å². The van der Waals surface area contributed by atoms with Crippen molar-refractivity contribution in [2.75, 3.05) is 13.1 Å². The van der Waals surface area contributed by atoms with Crippen molar-refractivity contribution in [3.8, 4) is 5.69 Å². The van der Waals surface area contributed by atoms with Gasteiger partial charge in [0, 0.05) is 19.2 Å². The second-order valence-corrected chi connectivity index (χ2v) is 5.51. The maximum Gasteiger partial charge on any atom is 0.274 e. The second-order valence-electron chi connectivity index (χ2n) is 5.51. The number of carbonyl (C=O) groups is 1. The predicted octanol–water partition coefficient (Wildman–Crippen LogP) is 1.85. The first-order chi connectivity index (χ1) is 10.9. The molecular formula is C15H14F3N3O2. The number of carbonyl (C=O) groups excluding carboxylic acids is 1. The highest BCUT2D eigenvalue weighted by atomic mass is 19.3. The van der Waals surface area contributed by atoms with E-state index in [9.17, 15) is 23.1 Å². The van der Waals surface area contributed by atoms with E-state index < -0.39 is 30.3 Å². The van der Waals surface area contributed by atoms with Crippen LogP contribution in [0.3, 0.4) is 0 Å². The molecule has 2 aromatic rings. The molecule has 0 radical (unpaired) electrons. The van der Waals surface area contributed by atoms with Crippen molar-refractivity contribution in [3.05, 3.63) is 48.0 Å². The van der Waals surface area contributed by atoms with Crippen molar-refractivity contribution in [1.29, 1.82) is 0 Å². The Kier molecular flexibility index (Phi) is 3.85. The molecule has 1 aliphatic heterocycles. The molecule has 0 saturated carbocycles. The summed E-state index contributed by atoms with van der Waals surface area (Å²) in [6.07, 6.45) is -1.61. The third-order valence-corrected chi connectivity index (χ3v) is 3.85. The number of hydrogen-bond donors (Lipinski definition) is 1. The maximum atomic E-state index is 13.2. The molecule has 1 atom stereocenters. The topological polar surface area (TPSA) is 58.4 Å². The number of benzene rings is 1. The van der Waals surface area contributed by atoms with E-state index in [1.165, 1.54) is 35.1 Å². The number of rotatable bonds is 3. The van der Waals surface area contributed by atoms with Gasteiger partial charge in [0.05, 0.1) is 12.2 Å². The largest absolute Gasteiger partial charge is 0.382 e. The molecule has 0 bridgehead atoms. The Morgan fingerprint density at radius 2 is 2.13 bits per heavy atom. The van der Waals surface area contributed by atoms with Gasteiger partial charge in [0.15, 0.2) is 5.69 Å². The first kappa shape index (κ1) is 15.5. The van der Waals surface area contributed by atoms with Crippen LogP contribution in [0.5, 0.6) is 0 Å². The minimum absolute atomic E-state index is 0.0342. The maximum absolute atomic E-state index is 13.2. The SMILES string of the molecule is O=C(c1ccn(-c2cccc(F)c2)n1)N1CCC(O)(C(F)F)C1. The summed E-state index contributed by atoms with van der Waals surface area (Å²) in [5.74, 6) is -0.982. The minimum Gasteiger partial charge on any atom is -0.382 e. The van der Waals surface area contributed by atoms with Crippen molar-refractivity contribution >= 4 is 5.91 Å². The fourth-order valence-electron chi connectivity index (χ4n) is 2.53. The third-order valence-electron chi connectivity index (χ3n) is 3.85. The summed E-state index contributed by atoms with van der Waals surface area (Å²) in [6.45, 7) is -0.400. The number of nitrogens with zero attached hydrogens (tertiary/aromatic N) is 3. The zero-order valence-electron chi connectivity index (χ0n) is 12.0. The molecule has 0 spiro atoms. The molecule has 1 aromatic heterocycles. The number of aromatic nitrogens is 2. The molecule has 23 heavy (non-hydrogen) atoms. The Morgan fingerprint density at radius 1 is 1.35 bits per heavy atom. The van der Waals surface area contributed by atoms with E-state index in [0.29, 0.717) is 5.69 Å². The molecule has 1 N–H and O–H groups in total. The van der Waals surface area contributed by atoms with E-state index in [-0.39, 0.29) is 18.7 Å². The van der Waals surface area contributed by atoms with Crippen molar-refractivity contribution in [1.82, 2.24) is 14.7 Å². The van der Waals surface area contributed by atoms with Gasteiger partial charge >= 0.3 is 0 Å². The van der Waals surface area contributed by atoms with Crippen molar-refractivity contribution in [2.24, 2.45) is 0 Å². The number of halogens is 3. The highest BCUT2D eigenvalue weighted by molar-refractivity contribution is 5.92. The molecule has 1 saturated heterocycles. The van der Waals surface area contributed by atoms with E-state index in [2.05, 4.69) is 5.10 Å². The average molecular weight is 325 g/mol. The van der Waals surface area contributed by atoms with Crippen molar-refractivity contribution in [3.63, 3.8) is 0 Å². The Hall–Kier alpha value is -2.35. The van der Waals surface area contributed by atoms with Gasteiger partial charge < -0.3 is 10.0 Å². The molecule has 1 aromatic carbocycles. The number of hydrogen-bond acceptors (Lipinski definition) is 3. The van der Waals surface area contributed by atoms with Crippen LogP contribution in [0.1, 0.15) is 16.9 Å². The lowest BCUT2D eigenvalue weighted by molar-refractivity contribution is -0.0855. The van der Waals surface area contributed by atoms with E-state index in [1.54, 1.807) is 6.07 Å². The zero-order chi connectivity index (χ0) is 16.6. The molecule has 1 aliphatic rings. The van der Waals surface area contributed by atoms with E-state index in [4.69, 9.17) is 0 Å². The first-order valence-corrected chi connectivity index (χ1v) is 7.00. The molecule has 3 rings (SSSR count). The second kappa shape index (κ2) is 5.69. The summed E-state index contributed by atoms with van der Waals surface area (Å²) in [6, 6.07) is 7.10. The number of β-amino-alcohol motifs (C(OH)–C–C–N with tert-alkyl or cyclic N) is 1. The van der Waals surface area contributed by atoms with Crippen molar-refractivity contribution < 1.29 is 23.1 Å². The number of aliphatic hydroxyl groups is 1. The highest BCUT2D eigenvalue weighted by Gasteiger charge is 2.45. The molecule has 1 fully saturated rings. The molecule has 122 valence electrons. The summed E-state index contributed by atoms with van der Waals surface area (Å²) in [4.78, 5) is 13.4. The van der Waals surface area contributed by atoms with Gasteiger partial charge in [-0.3, -0.25) is 4.79 Å². The Bertz CT molecular complexity index is 734. The van der Waals surface area contributed by atoms with Crippen LogP contribution in [0.15, 0.2) is 36.5 Å². The van der Waals surface area contributed by atoms with Crippen LogP contribution in [-0.4, -0.2) is 50.8 Å². The number of likely N-dealkylation sites (tertiary alicyclic amines) is 1. The fraction of sp³-hybridized carbons (Fsp3) is 0.333. The molecule has 8 heteroatoms. The van der Waals surface area contributed by atoms with Crippen LogP contribution in [0.4, 0.5) is 13.2 Å². The lowest BCUT2D eigenvalue weighted by atomic mass is 10.1. The normalized spacial score (nSPS) is 21.2. The van der Waals surface area contributed by atoms with Crippen LogP contribution in [0, 0.1) is 5.82 Å². The number of amides is 1. The van der Waals surface area contributed by atoms with Crippen LogP contribution < -0.4 is 0 Å². The molecular weight excluding hydrogens is 311 g/mol. The third kappa shape index (κ3) is 2.94. The van der Waals surface area contributed by atoms with Gasteiger partial charge in [0.2, 0.25) is 0 Å². The first-order valence-electron chi connectivity index (χ1n) is 7.00. The molecule has 0 aliphatic carbocycles. The van der Waals surface area contributed by atoms with Gasteiger partial charge in [-0.1, -0.05) is 6.07 Å². The van der Waals surface area contributed by atoms with E-state index in [1.807, 2.05) is 0 Å². The van der Waals surface area contributed by atoms with Crippen molar-refractivity contribution in [2.45, 2.75) is 18.4 Å². The Balaban J connectivity index is 1.77. The summed E-state index contributed by atoms with van der Waals surface area (Å²) in [7, 11) is 0. The molecule has 1 amide bonds. The molecule has 5 nitrogen and oxygen atoms in total.